The van der Waals surface area contributed by atoms with Crippen LogP contribution in [0.5, 0.6) is 5.75 Å². The number of nitrogens with zero attached hydrogens (tertiary/aromatic N) is 3. The Morgan fingerprint density at radius 3 is 2.75 bits per heavy atom. The molecular formula is C22H23N3O2S. The van der Waals surface area contributed by atoms with Gasteiger partial charge in [-0.05, 0) is 67.3 Å². The van der Waals surface area contributed by atoms with Gasteiger partial charge in [0, 0.05) is 25.2 Å². The largest absolute Gasteiger partial charge is 0.493 e. The second-order valence-electron chi connectivity index (χ2n) is 7.07. The van der Waals surface area contributed by atoms with E-state index in [0.29, 0.717) is 4.91 Å². The van der Waals surface area contributed by atoms with Crippen LogP contribution < -0.4 is 9.64 Å². The Bertz CT molecular complexity index is 938. The molecule has 1 amide bonds. The van der Waals surface area contributed by atoms with Gasteiger partial charge in [0.25, 0.3) is 5.91 Å². The van der Waals surface area contributed by atoms with E-state index in [1.807, 2.05) is 62.6 Å². The average molecular weight is 394 g/mol. The number of thioether (sulfide) groups is 1. The first kappa shape index (κ1) is 18.8. The van der Waals surface area contributed by atoms with Gasteiger partial charge in [-0.3, -0.25) is 4.79 Å². The van der Waals surface area contributed by atoms with E-state index >= 15 is 0 Å². The number of carbonyl (C=O) groups is 1. The van der Waals surface area contributed by atoms with Gasteiger partial charge < -0.3 is 14.5 Å². The average Bonchev–Trinajstić information content (AvgIpc) is 3.29. The molecule has 2 aromatic rings. The van der Waals surface area contributed by atoms with Crippen LogP contribution in [0.15, 0.2) is 58.4 Å². The van der Waals surface area contributed by atoms with E-state index in [9.17, 15) is 4.79 Å². The van der Waals surface area contributed by atoms with Crippen molar-refractivity contribution in [2.24, 2.45) is 4.99 Å². The molecular weight excluding hydrogens is 370 g/mol. The first-order valence-electron chi connectivity index (χ1n) is 9.36. The number of amides is 1. The molecule has 2 heterocycles. The monoisotopic (exact) mass is 393 g/mol. The van der Waals surface area contributed by atoms with Crippen LogP contribution in [0.3, 0.4) is 0 Å². The smallest absolute Gasteiger partial charge is 0.286 e. The fourth-order valence-electron chi connectivity index (χ4n) is 3.20. The molecule has 0 unspecified atom stereocenters. The van der Waals surface area contributed by atoms with Crippen LogP contribution >= 0.6 is 11.8 Å². The highest BCUT2D eigenvalue weighted by Crippen LogP contribution is 2.33. The third kappa shape index (κ3) is 4.13. The Kier molecular flexibility index (Phi) is 5.50. The summed E-state index contributed by atoms with van der Waals surface area (Å²) in [5.41, 5.74) is 3.25. The minimum atomic E-state index is -0.178. The fraction of sp³-hybridized carbons (Fsp3) is 0.273. The van der Waals surface area contributed by atoms with Gasteiger partial charge in [-0.15, -0.1) is 0 Å². The molecule has 0 aromatic heterocycles. The van der Waals surface area contributed by atoms with Gasteiger partial charge in [0.2, 0.25) is 0 Å². The molecule has 2 aliphatic heterocycles. The summed E-state index contributed by atoms with van der Waals surface area (Å²) in [6.45, 7) is 2.36. The van der Waals surface area contributed by atoms with Gasteiger partial charge in [-0.1, -0.05) is 24.3 Å². The van der Waals surface area contributed by atoms with Crippen LogP contribution in [0.2, 0.25) is 0 Å². The Balaban J connectivity index is 1.56. The molecule has 6 heteroatoms. The third-order valence-corrected chi connectivity index (χ3v) is 5.70. The number of fused-ring (bicyclic) bond motifs is 1. The molecule has 0 fully saturated rings. The molecule has 0 saturated heterocycles. The van der Waals surface area contributed by atoms with Crippen molar-refractivity contribution in [2.45, 2.75) is 6.42 Å². The molecule has 0 N–H and O–H groups in total. The van der Waals surface area contributed by atoms with E-state index in [-0.39, 0.29) is 5.91 Å². The molecule has 5 nitrogen and oxygen atoms in total. The fourth-order valence-corrected chi connectivity index (χ4v) is 4.16. The van der Waals surface area contributed by atoms with Gasteiger partial charge in [0.05, 0.1) is 11.5 Å². The first-order valence-corrected chi connectivity index (χ1v) is 10.2. The first-order chi connectivity index (χ1) is 13.6. The lowest BCUT2D eigenvalue weighted by Crippen LogP contribution is -2.34. The third-order valence-electron chi connectivity index (χ3n) is 4.69. The maximum Gasteiger partial charge on any atom is 0.286 e. The van der Waals surface area contributed by atoms with E-state index in [0.717, 1.165) is 48.3 Å². The Labute approximate surface area is 169 Å². The summed E-state index contributed by atoms with van der Waals surface area (Å²) in [5, 5.41) is 0.730. The molecule has 4 rings (SSSR count). The van der Waals surface area contributed by atoms with Crippen molar-refractivity contribution >= 4 is 34.6 Å². The summed E-state index contributed by atoms with van der Waals surface area (Å²) in [4.78, 5) is 21.8. The molecule has 2 aliphatic rings. The molecule has 0 atom stereocenters. The Hall–Kier alpha value is -2.57. The second-order valence-corrected chi connectivity index (χ2v) is 8.08. The summed E-state index contributed by atoms with van der Waals surface area (Å²) in [6.07, 6.45) is 2.85. The van der Waals surface area contributed by atoms with Crippen LogP contribution in [-0.4, -0.2) is 49.8 Å². The molecule has 28 heavy (non-hydrogen) atoms. The number of hydrogen-bond acceptors (Lipinski definition) is 5. The summed E-state index contributed by atoms with van der Waals surface area (Å²) >= 11 is 1.44. The highest BCUT2D eigenvalue weighted by molar-refractivity contribution is 8.18. The van der Waals surface area contributed by atoms with Crippen molar-refractivity contribution < 1.29 is 9.53 Å². The molecule has 144 valence electrons. The highest BCUT2D eigenvalue weighted by Gasteiger charge is 2.27. The minimum Gasteiger partial charge on any atom is -0.493 e. The number of amidine groups is 1. The van der Waals surface area contributed by atoms with Crippen molar-refractivity contribution in [3.63, 3.8) is 0 Å². The van der Waals surface area contributed by atoms with Crippen molar-refractivity contribution in [3.05, 3.63) is 64.6 Å². The van der Waals surface area contributed by atoms with Crippen LogP contribution in [0.25, 0.3) is 6.08 Å². The van der Waals surface area contributed by atoms with Crippen LogP contribution in [0.1, 0.15) is 11.1 Å². The van der Waals surface area contributed by atoms with Crippen molar-refractivity contribution in [3.8, 4) is 5.75 Å². The lowest BCUT2D eigenvalue weighted by molar-refractivity contribution is -0.113. The van der Waals surface area contributed by atoms with Gasteiger partial charge >= 0.3 is 0 Å². The minimum absolute atomic E-state index is 0.178. The number of para-hydroxylation sites is 1. The summed E-state index contributed by atoms with van der Waals surface area (Å²) in [5.74, 6) is 0.769. The standard InChI is InChI=1S/C22H23N3O2S/c1-24(2)11-12-25(18-6-4-3-5-7-18)22-23-21(26)20(28-22)15-16-8-9-19-17(14-16)10-13-27-19/h3-9,14-15H,10-13H2,1-2H3/b20-15-. The lowest BCUT2D eigenvalue weighted by atomic mass is 10.1. The highest BCUT2D eigenvalue weighted by atomic mass is 32.2. The Morgan fingerprint density at radius 1 is 1.14 bits per heavy atom. The quantitative estimate of drug-likeness (QED) is 0.726. The normalized spacial score (nSPS) is 17.0. The second kappa shape index (κ2) is 8.20. The Morgan fingerprint density at radius 2 is 1.96 bits per heavy atom. The number of ether oxygens (including phenoxy) is 1. The van der Waals surface area contributed by atoms with Crippen molar-refractivity contribution in [1.29, 1.82) is 0 Å². The molecule has 0 saturated carbocycles. The number of hydrogen-bond donors (Lipinski definition) is 0. The summed E-state index contributed by atoms with van der Waals surface area (Å²) in [7, 11) is 4.08. The van der Waals surface area contributed by atoms with Gasteiger partial charge in [-0.25, -0.2) is 0 Å². The van der Waals surface area contributed by atoms with Crippen LogP contribution in [0, 0.1) is 0 Å². The number of aliphatic imine (C=N–C) groups is 1. The van der Waals surface area contributed by atoms with Crippen molar-refractivity contribution in [1.82, 2.24) is 4.90 Å². The zero-order valence-corrected chi connectivity index (χ0v) is 16.9. The lowest BCUT2D eigenvalue weighted by Gasteiger charge is -2.25. The van der Waals surface area contributed by atoms with E-state index in [1.165, 1.54) is 17.3 Å². The van der Waals surface area contributed by atoms with E-state index in [1.54, 1.807) is 0 Å². The summed E-state index contributed by atoms with van der Waals surface area (Å²) < 4.78 is 5.56. The number of benzene rings is 2. The zero-order chi connectivity index (χ0) is 19.5. The van der Waals surface area contributed by atoms with Gasteiger partial charge in [-0.2, -0.15) is 4.99 Å². The molecule has 0 radical (unpaired) electrons. The van der Waals surface area contributed by atoms with Crippen molar-refractivity contribution in [2.75, 3.05) is 38.7 Å². The van der Waals surface area contributed by atoms with Gasteiger partial charge in [0.1, 0.15) is 5.75 Å². The number of carbonyl (C=O) groups excluding carboxylic acids is 1. The maximum atomic E-state index is 12.6. The zero-order valence-electron chi connectivity index (χ0n) is 16.1. The van der Waals surface area contributed by atoms with Gasteiger partial charge in [0.15, 0.2) is 5.17 Å². The van der Waals surface area contributed by atoms with E-state index < -0.39 is 0 Å². The molecule has 0 spiro atoms. The van der Waals surface area contributed by atoms with Crippen LogP contribution in [-0.2, 0) is 11.2 Å². The number of likely N-dealkylation sites (N-methyl/N-ethyl adjacent to an activating group) is 1. The SMILES string of the molecule is CN(C)CCN(C1=NC(=O)/C(=C/c2ccc3c(c2)CCO3)S1)c1ccccc1. The predicted molar refractivity (Wildman–Crippen MR) is 116 cm³/mol. The maximum absolute atomic E-state index is 12.6. The number of rotatable bonds is 5. The predicted octanol–water partition coefficient (Wildman–Crippen LogP) is 3.66. The van der Waals surface area contributed by atoms with E-state index in [2.05, 4.69) is 20.9 Å². The number of anilines is 1. The molecule has 2 aromatic carbocycles. The summed E-state index contributed by atoms with van der Waals surface area (Å²) in [6, 6.07) is 16.2. The topological polar surface area (TPSA) is 45.1 Å². The van der Waals surface area contributed by atoms with E-state index in [4.69, 9.17) is 4.74 Å². The molecule has 0 bridgehead atoms. The molecule has 0 aliphatic carbocycles. The van der Waals surface area contributed by atoms with Crippen LogP contribution in [0.4, 0.5) is 5.69 Å².